The first-order valence-electron chi connectivity index (χ1n) is 8.60. The van der Waals surface area contributed by atoms with Crippen LogP contribution in [0, 0.1) is 5.82 Å². The van der Waals surface area contributed by atoms with E-state index in [0.717, 1.165) is 0 Å². The van der Waals surface area contributed by atoms with Gasteiger partial charge in [-0.25, -0.2) is 23.4 Å². The van der Waals surface area contributed by atoms with E-state index in [0.29, 0.717) is 51.4 Å². The van der Waals surface area contributed by atoms with Crippen molar-refractivity contribution in [2.45, 2.75) is 0 Å². The van der Waals surface area contributed by atoms with Gasteiger partial charge in [-0.05, 0) is 24.3 Å². The first-order chi connectivity index (χ1) is 14.6. The van der Waals surface area contributed by atoms with Crippen molar-refractivity contribution in [2.24, 2.45) is 0 Å². The molecule has 5 aromatic rings. The molecule has 0 saturated heterocycles. The van der Waals surface area contributed by atoms with Crippen LogP contribution in [0.2, 0.25) is 5.15 Å². The minimum Gasteiger partial charge on any atom is -0.298 e. The average molecular weight is 423 g/mol. The summed E-state index contributed by atoms with van der Waals surface area (Å²) in [5.74, 6) is -0.346. The van der Waals surface area contributed by atoms with Crippen molar-refractivity contribution in [3.05, 3.63) is 83.3 Å². The van der Waals surface area contributed by atoms with E-state index >= 15 is 0 Å². The Labute approximate surface area is 173 Å². The Kier molecular flexibility index (Phi) is 5.27. The molecule has 0 amide bonds. The molecule has 4 heterocycles. The summed E-state index contributed by atoms with van der Waals surface area (Å²) in [5, 5.41) is 8.22. The highest BCUT2D eigenvalue weighted by Gasteiger charge is 2.09. The largest absolute Gasteiger partial charge is 0.298 e. The van der Waals surface area contributed by atoms with Crippen LogP contribution in [0.3, 0.4) is 0 Å². The molecule has 0 bridgehead atoms. The van der Waals surface area contributed by atoms with Crippen LogP contribution in [0.4, 0.5) is 4.39 Å². The minimum absolute atomic E-state index is 0.346. The molecule has 4 aromatic heterocycles. The predicted octanol–water partition coefficient (Wildman–Crippen LogP) is 3.54. The Morgan fingerprint density at radius 1 is 0.833 bits per heavy atom. The SMILES string of the molecule is O=Cc1cnn2ccc(-c3ccccc3F)nc12.O=Cc1cnn2ccc(Cl)nc12. The first-order valence-corrected chi connectivity index (χ1v) is 8.98. The van der Waals surface area contributed by atoms with Gasteiger partial charge < -0.3 is 0 Å². The Balaban J connectivity index is 0.000000158. The summed E-state index contributed by atoms with van der Waals surface area (Å²) in [7, 11) is 0. The van der Waals surface area contributed by atoms with Crippen molar-refractivity contribution in [3.8, 4) is 11.3 Å². The van der Waals surface area contributed by atoms with Crippen LogP contribution in [0.1, 0.15) is 20.7 Å². The van der Waals surface area contributed by atoms with E-state index in [4.69, 9.17) is 11.6 Å². The van der Waals surface area contributed by atoms with Gasteiger partial charge in [-0.3, -0.25) is 9.59 Å². The van der Waals surface area contributed by atoms with E-state index in [-0.39, 0.29) is 5.82 Å². The van der Waals surface area contributed by atoms with Crippen molar-refractivity contribution >= 4 is 35.5 Å². The summed E-state index contributed by atoms with van der Waals surface area (Å²) in [6.07, 6.45) is 7.56. The number of halogens is 2. The molecule has 5 rings (SSSR count). The molecule has 0 fully saturated rings. The third-order valence-corrected chi connectivity index (χ3v) is 4.37. The highest BCUT2D eigenvalue weighted by Crippen LogP contribution is 2.21. The Morgan fingerprint density at radius 2 is 1.43 bits per heavy atom. The molecule has 0 aliphatic rings. The molecule has 0 N–H and O–H groups in total. The van der Waals surface area contributed by atoms with E-state index in [1.807, 2.05) is 0 Å². The number of hydrogen-bond acceptors (Lipinski definition) is 6. The molecular weight excluding hydrogens is 411 g/mol. The molecule has 0 saturated carbocycles. The predicted molar refractivity (Wildman–Crippen MR) is 107 cm³/mol. The van der Waals surface area contributed by atoms with Gasteiger partial charge in [0.2, 0.25) is 0 Å². The summed E-state index contributed by atoms with van der Waals surface area (Å²) >= 11 is 5.64. The monoisotopic (exact) mass is 422 g/mol. The summed E-state index contributed by atoms with van der Waals surface area (Å²) in [4.78, 5) is 29.5. The van der Waals surface area contributed by atoms with Gasteiger partial charge in [-0.1, -0.05) is 23.7 Å². The number of aldehydes is 2. The van der Waals surface area contributed by atoms with Crippen LogP contribution in [-0.2, 0) is 0 Å². The third kappa shape index (κ3) is 3.65. The number of hydrogen-bond donors (Lipinski definition) is 0. The topological polar surface area (TPSA) is 94.5 Å². The molecule has 8 nitrogen and oxygen atoms in total. The number of rotatable bonds is 3. The zero-order chi connectivity index (χ0) is 21.1. The number of carbonyl (C=O) groups excluding carboxylic acids is 2. The number of benzene rings is 1. The standard InChI is InChI=1S/C13H8FN3O.C7H4ClN3O/c14-11-4-2-1-3-10(11)12-5-6-17-13(16-12)9(8-18)7-15-17;8-6-1-2-11-7(10-6)5(4-12)3-9-11/h1-8H;1-4H. The fraction of sp³-hybridized carbons (Fsp3) is 0. The van der Waals surface area contributed by atoms with Gasteiger partial charge in [-0.2, -0.15) is 10.2 Å². The molecular formula is C20H12ClFN6O2. The molecule has 0 spiro atoms. The number of carbonyl (C=O) groups is 2. The lowest BCUT2D eigenvalue weighted by Crippen LogP contribution is -1.94. The molecule has 10 heteroatoms. The van der Waals surface area contributed by atoms with E-state index < -0.39 is 0 Å². The second-order valence-electron chi connectivity index (χ2n) is 6.01. The summed E-state index contributed by atoms with van der Waals surface area (Å²) in [6.45, 7) is 0. The zero-order valence-electron chi connectivity index (χ0n) is 15.2. The number of nitrogens with zero attached hydrogens (tertiary/aromatic N) is 6. The van der Waals surface area contributed by atoms with Crippen LogP contribution in [0.25, 0.3) is 22.6 Å². The van der Waals surface area contributed by atoms with Gasteiger partial charge in [0.25, 0.3) is 0 Å². The maximum Gasteiger partial charge on any atom is 0.167 e. The highest BCUT2D eigenvalue weighted by molar-refractivity contribution is 6.29. The summed E-state index contributed by atoms with van der Waals surface area (Å²) in [6, 6.07) is 9.64. The zero-order valence-corrected chi connectivity index (χ0v) is 15.9. The quantitative estimate of drug-likeness (QED) is 0.326. The smallest absolute Gasteiger partial charge is 0.167 e. The van der Waals surface area contributed by atoms with Crippen molar-refractivity contribution in [1.29, 1.82) is 0 Å². The lowest BCUT2D eigenvalue weighted by molar-refractivity contribution is 0.111. The second kappa shape index (κ2) is 8.18. The van der Waals surface area contributed by atoms with Gasteiger partial charge in [0.1, 0.15) is 11.0 Å². The van der Waals surface area contributed by atoms with Crippen molar-refractivity contribution < 1.29 is 14.0 Å². The molecule has 148 valence electrons. The molecule has 0 radical (unpaired) electrons. The van der Waals surface area contributed by atoms with Crippen LogP contribution in [-0.4, -0.2) is 41.8 Å². The second-order valence-corrected chi connectivity index (χ2v) is 6.40. The Morgan fingerprint density at radius 3 is 2.07 bits per heavy atom. The van der Waals surface area contributed by atoms with E-state index in [2.05, 4.69) is 20.2 Å². The van der Waals surface area contributed by atoms with Gasteiger partial charge in [0.15, 0.2) is 23.9 Å². The maximum absolute atomic E-state index is 13.7. The lowest BCUT2D eigenvalue weighted by atomic mass is 10.1. The van der Waals surface area contributed by atoms with E-state index in [1.165, 1.54) is 27.5 Å². The Bertz CT molecular complexity index is 1380. The molecule has 1 aromatic carbocycles. The van der Waals surface area contributed by atoms with E-state index in [1.54, 1.807) is 42.7 Å². The number of aromatic nitrogens is 6. The van der Waals surface area contributed by atoms with Crippen molar-refractivity contribution in [2.75, 3.05) is 0 Å². The third-order valence-electron chi connectivity index (χ3n) is 4.16. The first kappa shape index (κ1) is 19.3. The van der Waals surface area contributed by atoms with Crippen molar-refractivity contribution in [3.63, 3.8) is 0 Å². The van der Waals surface area contributed by atoms with Crippen LogP contribution in [0.15, 0.2) is 61.2 Å². The molecule has 0 aliphatic carbocycles. The summed E-state index contributed by atoms with van der Waals surface area (Å²) in [5.41, 5.74) is 2.61. The van der Waals surface area contributed by atoms with Gasteiger partial charge >= 0.3 is 0 Å². The maximum atomic E-state index is 13.7. The fourth-order valence-electron chi connectivity index (χ4n) is 2.74. The van der Waals surface area contributed by atoms with Crippen LogP contribution < -0.4 is 0 Å². The molecule has 0 atom stereocenters. The van der Waals surface area contributed by atoms with Gasteiger partial charge in [0.05, 0.1) is 29.2 Å². The normalized spacial score (nSPS) is 10.6. The van der Waals surface area contributed by atoms with Crippen LogP contribution in [0.5, 0.6) is 0 Å². The lowest BCUT2D eigenvalue weighted by Gasteiger charge is -2.02. The van der Waals surface area contributed by atoms with Gasteiger partial charge in [-0.15, -0.1) is 0 Å². The highest BCUT2D eigenvalue weighted by atomic mass is 35.5. The summed E-state index contributed by atoms with van der Waals surface area (Å²) < 4.78 is 16.6. The molecule has 30 heavy (non-hydrogen) atoms. The fourth-order valence-corrected chi connectivity index (χ4v) is 2.87. The number of fused-ring (bicyclic) bond motifs is 2. The van der Waals surface area contributed by atoms with Gasteiger partial charge in [0, 0.05) is 18.0 Å². The molecule has 0 aliphatic heterocycles. The molecule has 0 unspecified atom stereocenters. The minimum atomic E-state index is -0.346. The van der Waals surface area contributed by atoms with Crippen molar-refractivity contribution in [1.82, 2.24) is 29.2 Å². The average Bonchev–Trinajstić information content (AvgIpc) is 3.37. The van der Waals surface area contributed by atoms with E-state index in [9.17, 15) is 14.0 Å². The Hall–Kier alpha value is -3.98. The van der Waals surface area contributed by atoms with Crippen LogP contribution >= 0.6 is 11.6 Å².